The fourth-order valence-corrected chi connectivity index (χ4v) is 2.94. The predicted molar refractivity (Wildman–Crippen MR) is 48.9 cm³/mol. The molecule has 2 aliphatic rings. The van der Waals surface area contributed by atoms with E-state index in [2.05, 4.69) is 20.8 Å². The van der Waals surface area contributed by atoms with Gasteiger partial charge in [0.1, 0.15) is 5.78 Å². The Hall–Kier alpha value is -0.330. The molecule has 2 atom stereocenters. The van der Waals surface area contributed by atoms with E-state index in [0.29, 0.717) is 17.1 Å². The predicted octanol–water partition coefficient (Wildman–Crippen LogP) is 2.79. The Balaban J connectivity index is 2.32. The second kappa shape index (κ2) is 2.12. The molecule has 68 valence electrons. The normalized spacial score (nSPS) is 44.9. The smallest absolute Gasteiger partial charge is 0.139 e. The Bertz CT molecular complexity index is 229. The highest BCUT2D eigenvalue weighted by atomic mass is 16.1. The molecule has 2 rings (SSSR count). The van der Waals surface area contributed by atoms with Crippen LogP contribution in [0.4, 0.5) is 0 Å². The van der Waals surface area contributed by atoms with Crippen molar-refractivity contribution in [2.24, 2.45) is 16.7 Å². The van der Waals surface area contributed by atoms with Crippen molar-refractivity contribution in [3.63, 3.8) is 0 Å². The second-order valence-corrected chi connectivity index (χ2v) is 5.57. The van der Waals surface area contributed by atoms with Crippen molar-refractivity contribution in [3.8, 4) is 0 Å². The van der Waals surface area contributed by atoms with Crippen molar-refractivity contribution in [1.29, 1.82) is 0 Å². The maximum Gasteiger partial charge on any atom is 0.139 e. The number of carbonyl (C=O) groups excluding carboxylic acids is 1. The van der Waals surface area contributed by atoms with Crippen LogP contribution in [0, 0.1) is 16.7 Å². The number of rotatable bonds is 0. The quantitative estimate of drug-likeness (QED) is 0.541. The topological polar surface area (TPSA) is 17.1 Å². The highest BCUT2D eigenvalue weighted by molar-refractivity contribution is 5.86. The zero-order valence-corrected chi connectivity index (χ0v) is 8.31. The molecule has 0 heterocycles. The Morgan fingerprint density at radius 3 is 2.67 bits per heavy atom. The maximum atomic E-state index is 11.8. The van der Waals surface area contributed by atoms with E-state index in [1.165, 1.54) is 19.3 Å². The van der Waals surface area contributed by atoms with Crippen LogP contribution >= 0.6 is 0 Å². The van der Waals surface area contributed by atoms with Crippen LogP contribution in [0.1, 0.15) is 46.5 Å². The van der Waals surface area contributed by atoms with Gasteiger partial charge in [0.15, 0.2) is 0 Å². The van der Waals surface area contributed by atoms with Gasteiger partial charge in [0, 0.05) is 11.8 Å². The fraction of sp³-hybridized carbons (Fsp3) is 0.909. The van der Waals surface area contributed by atoms with Crippen molar-refractivity contribution in [1.82, 2.24) is 0 Å². The highest BCUT2D eigenvalue weighted by Gasteiger charge is 2.51. The first-order valence-electron chi connectivity index (χ1n) is 4.97. The summed E-state index contributed by atoms with van der Waals surface area (Å²) >= 11 is 0. The van der Waals surface area contributed by atoms with E-state index in [0.717, 1.165) is 6.42 Å². The molecule has 2 aliphatic carbocycles. The van der Waals surface area contributed by atoms with Crippen molar-refractivity contribution in [2.45, 2.75) is 46.5 Å². The molecule has 0 aromatic carbocycles. The summed E-state index contributed by atoms with van der Waals surface area (Å²) in [5, 5.41) is 0. The van der Waals surface area contributed by atoms with E-state index in [4.69, 9.17) is 0 Å². The summed E-state index contributed by atoms with van der Waals surface area (Å²) in [4.78, 5) is 11.8. The minimum atomic E-state index is -0.0178. The molecule has 2 bridgehead atoms. The second-order valence-electron chi connectivity index (χ2n) is 5.57. The third-order valence-electron chi connectivity index (χ3n) is 4.16. The number of fused-ring (bicyclic) bond motifs is 2. The van der Waals surface area contributed by atoms with Crippen molar-refractivity contribution in [3.05, 3.63) is 0 Å². The summed E-state index contributed by atoms with van der Waals surface area (Å²) in [6.45, 7) is 6.54. The van der Waals surface area contributed by atoms with Crippen molar-refractivity contribution >= 4 is 5.78 Å². The van der Waals surface area contributed by atoms with Gasteiger partial charge >= 0.3 is 0 Å². The third kappa shape index (κ3) is 0.949. The molecule has 0 unspecified atom stereocenters. The van der Waals surface area contributed by atoms with Crippen molar-refractivity contribution < 1.29 is 4.79 Å². The summed E-state index contributed by atoms with van der Waals surface area (Å²) in [6.07, 6.45) is 4.66. The highest BCUT2D eigenvalue weighted by Crippen LogP contribution is 2.56. The van der Waals surface area contributed by atoms with Gasteiger partial charge in [-0.25, -0.2) is 0 Å². The standard InChI is InChI=1S/C11H18O/c1-10(2)8-4-5-11(3,6-8)7-9(10)12/h8H,4-7H2,1-3H3/t8-,11+/m1/s1. The summed E-state index contributed by atoms with van der Waals surface area (Å²) in [5.41, 5.74) is 0.354. The van der Waals surface area contributed by atoms with Gasteiger partial charge in [0.2, 0.25) is 0 Å². The van der Waals surface area contributed by atoms with Crippen LogP contribution in [0.25, 0.3) is 0 Å². The first-order valence-corrected chi connectivity index (χ1v) is 4.97. The monoisotopic (exact) mass is 166 g/mol. The summed E-state index contributed by atoms with van der Waals surface area (Å²) in [7, 11) is 0. The van der Waals surface area contributed by atoms with Gasteiger partial charge in [0.05, 0.1) is 0 Å². The van der Waals surface area contributed by atoms with Gasteiger partial charge in [-0.1, -0.05) is 20.8 Å². The van der Waals surface area contributed by atoms with E-state index in [-0.39, 0.29) is 5.41 Å². The molecule has 0 radical (unpaired) electrons. The molecule has 0 spiro atoms. The Morgan fingerprint density at radius 1 is 1.33 bits per heavy atom. The lowest BCUT2D eigenvalue weighted by Gasteiger charge is -2.38. The Kier molecular flexibility index (Phi) is 1.47. The number of carbonyl (C=O) groups is 1. The van der Waals surface area contributed by atoms with Gasteiger partial charge in [-0.15, -0.1) is 0 Å². The zero-order chi connectivity index (χ0) is 8.98. The molecule has 0 N–H and O–H groups in total. The van der Waals surface area contributed by atoms with E-state index in [1.807, 2.05) is 0 Å². The Morgan fingerprint density at radius 2 is 2.00 bits per heavy atom. The molecule has 2 fully saturated rings. The molecule has 0 aromatic heterocycles. The molecule has 2 saturated carbocycles. The minimum Gasteiger partial charge on any atom is -0.299 e. The largest absolute Gasteiger partial charge is 0.299 e. The van der Waals surface area contributed by atoms with Crippen LogP contribution in [-0.2, 0) is 4.79 Å². The van der Waals surface area contributed by atoms with Gasteiger partial charge < -0.3 is 0 Å². The van der Waals surface area contributed by atoms with Crippen LogP contribution < -0.4 is 0 Å². The number of ketones is 1. The summed E-state index contributed by atoms with van der Waals surface area (Å²) in [5.74, 6) is 1.17. The van der Waals surface area contributed by atoms with Gasteiger partial charge in [0.25, 0.3) is 0 Å². The van der Waals surface area contributed by atoms with E-state index in [1.54, 1.807) is 0 Å². The molecule has 0 aromatic rings. The number of Topliss-reactive ketones (excluding diaryl/α,β-unsaturated/α-hetero) is 1. The fourth-order valence-electron chi connectivity index (χ4n) is 2.94. The molecule has 0 amide bonds. The molecule has 1 heteroatoms. The lowest BCUT2D eigenvalue weighted by atomic mass is 9.64. The number of hydrogen-bond acceptors (Lipinski definition) is 1. The lowest BCUT2D eigenvalue weighted by Crippen LogP contribution is -2.39. The molecular weight excluding hydrogens is 148 g/mol. The van der Waals surface area contributed by atoms with Gasteiger partial charge in [-0.3, -0.25) is 4.79 Å². The molecule has 12 heavy (non-hydrogen) atoms. The minimum absolute atomic E-state index is 0.0178. The average molecular weight is 166 g/mol. The van der Waals surface area contributed by atoms with Crippen LogP contribution in [0.5, 0.6) is 0 Å². The van der Waals surface area contributed by atoms with Crippen LogP contribution in [0.3, 0.4) is 0 Å². The Labute approximate surface area is 74.5 Å². The molecular formula is C11H18O. The number of hydrogen-bond donors (Lipinski definition) is 0. The van der Waals surface area contributed by atoms with Gasteiger partial charge in [-0.05, 0) is 30.6 Å². The zero-order valence-electron chi connectivity index (χ0n) is 8.31. The van der Waals surface area contributed by atoms with Crippen LogP contribution in [0.2, 0.25) is 0 Å². The maximum absolute atomic E-state index is 11.8. The summed E-state index contributed by atoms with van der Waals surface area (Å²) < 4.78 is 0. The van der Waals surface area contributed by atoms with E-state index >= 15 is 0 Å². The van der Waals surface area contributed by atoms with Crippen molar-refractivity contribution in [2.75, 3.05) is 0 Å². The lowest BCUT2D eigenvalue weighted by molar-refractivity contribution is -0.134. The van der Waals surface area contributed by atoms with Crippen LogP contribution in [0.15, 0.2) is 0 Å². The average Bonchev–Trinajstić information content (AvgIpc) is 2.28. The first kappa shape index (κ1) is 8.28. The van der Waals surface area contributed by atoms with Crippen LogP contribution in [-0.4, -0.2) is 5.78 Å². The first-order chi connectivity index (χ1) is 5.44. The third-order valence-corrected chi connectivity index (χ3v) is 4.16. The molecule has 1 nitrogen and oxygen atoms in total. The van der Waals surface area contributed by atoms with E-state index in [9.17, 15) is 4.79 Å². The van der Waals surface area contributed by atoms with E-state index < -0.39 is 0 Å². The summed E-state index contributed by atoms with van der Waals surface area (Å²) in [6, 6.07) is 0. The SMILES string of the molecule is CC1(C)C(=O)C[C@@]2(C)CC[C@@H]1C2. The van der Waals surface area contributed by atoms with Gasteiger partial charge in [-0.2, -0.15) is 0 Å². The molecule has 0 saturated heterocycles. The molecule has 0 aliphatic heterocycles.